The van der Waals surface area contributed by atoms with Crippen molar-refractivity contribution >= 4 is 0 Å². The zero-order chi connectivity index (χ0) is 11.5. The van der Waals surface area contributed by atoms with Gasteiger partial charge in [-0.05, 0) is 31.5 Å². The predicted octanol–water partition coefficient (Wildman–Crippen LogP) is 3.98. The third-order valence-electron chi connectivity index (χ3n) is 2.72. The second kappa shape index (κ2) is 4.40. The van der Waals surface area contributed by atoms with Crippen molar-refractivity contribution in [2.75, 3.05) is 7.11 Å². The number of hydrogen-bond acceptors (Lipinski definition) is 1. The Balaban J connectivity index is 2.53. The first-order valence-electron chi connectivity index (χ1n) is 5.42. The van der Waals surface area contributed by atoms with Crippen LogP contribution in [0.2, 0.25) is 0 Å². The van der Waals surface area contributed by atoms with Crippen molar-refractivity contribution < 1.29 is 4.74 Å². The fourth-order valence-electron chi connectivity index (χ4n) is 1.78. The average Bonchev–Trinajstić information content (AvgIpc) is 2.30. The molecule has 0 amide bonds. The molecule has 0 heterocycles. The van der Waals surface area contributed by atoms with E-state index in [1.807, 2.05) is 6.07 Å². The van der Waals surface area contributed by atoms with E-state index < -0.39 is 0 Å². The maximum absolute atomic E-state index is 5.38. The minimum absolute atomic E-state index is 0.925. The molecule has 0 aromatic heterocycles. The summed E-state index contributed by atoms with van der Waals surface area (Å²) in [7, 11) is 1.71. The highest BCUT2D eigenvalue weighted by atomic mass is 16.5. The lowest BCUT2D eigenvalue weighted by Gasteiger charge is -2.09. The summed E-state index contributed by atoms with van der Waals surface area (Å²) in [6.07, 6.45) is 0. The number of benzene rings is 2. The summed E-state index contributed by atoms with van der Waals surface area (Å²) in [5, 5.41) is 0. The highest BCUT2D eigenvalue weighted by molar-refractivity contribution is 5.71. The molecule has 1 heteroatoms. The molecule has 0 N–H and O–H groups in total. The molecule has 2 aromatic carbocycles. The standard InChI is InChI=1S/C15H16O/c1-11-4-7-13(8-5-11)14-10-12(2)6-9-15(14)16-3/h4-10H,1-3H3. The lowest BCUT2D eigenvalue weighted by Crippen LogP contribution is -1.88. The Labute approximate surface area is 96.7 Å². The van der Waals surface area contributed by atoms with Gasteiger partial charge >= 0.3 is 0 Å². The van der Waals surface area contributed by atoms with Crippen LogP contribution in [0.1, 0.15) is 11.1 Å². The van der Waals surface area contributed by atoms with Crippen LogP contribution in [-0.2, 0) is 0 Å². The summed E-state index contributed by atoms with van der Waals surface area (Å²) in [6, 6.07) is 14.7. The number of hydrogen-bond donors (Lipinski definition) is 0. The molecule has 0 bridgehead atoms. The first kappa shape index (κ1) is 10.7. The molecule has 2 aromatic rings. The molecule has 0 spiro atoms. The molecule has 0 unspecified atom stereocenters. The van der Waals surface area contributed by atoms with Crippen LogP contribution in [-0.4, -0.2) is 7.11 Å². The normalized spacial score (nSPS) is 10.2. The second-order valence-corrected chi connectivity index (χ2v) is 4.07. The van der Waals surface area contributed by atoms with Crippen LogP contribution < -0.4 is 4.74 Å². The highest BCUT2D eigenvalue weighted by Crippen LogP contribution is 2.30. The van der Waals surface area contributed by atoms with Crippen molar-refractivity contribution in [1.82, 2.24) is 0 Å². The van der Waals surface area contributed by atoms with Crippen molar-refractivity contribution in [3.63, 3.8) is 0 Å². The van der Waals surface area contributed by atoms with Crippen LogP contribution >= 0.6 is 0 Å². The van der Waals surface area contributed by atoms with E-state index in [1.54, 1.807) is 7.11 Å². The average molecular weight is 212 g/mol. The SMILES string of the molecule is COc1ccc(C)cc1-c1ccc(C)cc1. The van der Waals surface area contributed by atoms with E-state index in [0.29, 0.717) is 0 Å². The lowest BCUT2D eigenvalue weighted by atomic mass is 10.0. The summed E-state index contributed by atoms with van der Waals surface area (Å²) in [5.41, 5.74) is 4.88. The smallest absolute Gasteiger partial charge is 0.126 e. The highest BCUT2D eigenvalue weighted by Gasteiger charge is 2.05. The van der Waals surface area contributed by atoms with E-state index in [1.165, 1.54) is 16.7 Å². The predicted molar refractivity (Wildman–Crippen MR) is 67.9 cm³/mol. The van der Waals surface area contributed by atoms with Crippen molar-refractivity contribution in [3.05, 3.63) is 53.6 Å². The molecule has 0 saturated carbocycles. The number of ether oxygens (including phenoxy) is 1. The van der Waals surface area contributed by atoms with E-state index in [2.05, 4.69) is 50.2 Å². The fourth-order valence-corrected chi connectivity index (χ4v) is 1.78. The molecule has 0 fully saturated rings. The van der Waals surface area contributed by atoms with Crippen LogP contribution in [0.25, 0.3) is 11.1 Å². The van der Waals surface area contributed by atoms with Crippen LogP contribution in [0, 0.1) is 13.8 Å². The van der Waals surface area contributed by atoms with Crippen molar-refractivity contribution in [1.29, 1.82) is 0 Å². The molecular weight excluding hydrogens is 196 g/mol. The Kier molecular flexibility index (Phi) is 2.95. The summed E-state index contributed by atoms with van der Waals surface area (Å²) >= 11 is 0. The largest absolute Gasteiger partial charge is 0.496 e. The molecular formula is C15H16O. The summed E-state index contributed by atoms with van der Waals surface area (Å²) in [5.74, 6) is 0.925. The summed E-state index contributed by atoms with van der Waals surface area (Å²) < 4.78 is 5.38. The van der Waals surface area contributed by atoms with Gasteiger partial charge < -0.3 is 4.74 Å². The lowest BCUT2D eigenvalue weighted by molar-refractivity contribution is 0.416. The maximum Gasteiger partial charge on any atom is 0.126 e. The van der Waals surface area contributed by atoms with Gasteiger partial charge in [0.15, 0.2) is 0 Å². The fraction of sp³-hybridized carbons (Fsp3) is 0.200. The molecule has 82 valence electrons. The molecule has 1 nitrogen and oxygen atoms in total. The van der Waals surface area contributed by atoms with Crippen LogP contribution in [0.5, 0.6) is 5.75 Å². The van der Waals surface area contributed by atoms with Crippen LogP contribution in [0.3, 0.4) is 0 Å². The van der Waals surface area contributed by atoms with Crippen LogP contribution in [0.4, 0.5) is 0 Å². The van der Waals surface area contributed by atoms with E-state index in [-0.39, 0.29) is 0 Å². The third-order valence-corrected chi connectivity index (χ3v) is 2.72. The number of methoxy groups -OCH3 is 1. The van der Waals surface area contributed by atoms with Crippen molar-refractivity contribution in [2.24, 2.45) is 0 Å². The quantitative estimate of drug-likeness (QED) is 0.731. The zero-order valence-corrected chi connectivity index (χ0v) is 9.95. The molecule has 0 radical (unpaired) electrons. The van der Waals surface area contributed by atoms with E-state index in [4.69, 9.17) is 4.74 Å². The number of aryl methyl sites for hydroxylation is 2. The maximum atomic E-state index is 5.38. The van der Waals surface area contributed by atoms with Crippen LogP contribution in [0.15, 0.2) is 42.5 Å². The van der Waals surface area contributed by atoms with E-state index in [9.17, 15) is 0 Å². The van der Waals surface area contributed by atoms with Gasteiger partial charge in [0.05, 0.1) is 7.11 Å². The van der Waals surface area contributed by atoms with Gasteiger partial charge in [0, 0.05) is 5.56 Å². The minimum atomic E-state index is 0.925. The van der Waals surface area contributed by atoms with Gasteiger partial charge in [0.25, 0.3) is 0 Å². The Bertz CT molecular complexity index is 483. The van der Waals surface area contributed by atoms with Crippen molar-refractivity contribution in [2.45, 2.75) is 13.8 Å². The van der Waals surface area contributed by atoms with E-state index in [0.717, 1.165) is 11.3 Å². The molecule has 0 saturated heterocycles. The molecule has 0 atom stereocenters. The topological polar surface area (TPSA) is 9.23 Å². The summed E-state index contributed by atoms with van der Waals surface area (Å²) in [4.78, 5) is 0. The van der Waals surface area contributed by atoms with Gasteiger partial charge in [0.2, 0.25) is 0 Å². The Morgan fingerprint density at radius 1 is 0.812 bits per heavy atom. The summed E-state index contributed by atoms with van der Waals surface area (Å²) in [6.45, 7) is 4.19. The Morgan fingerprint density at radius 2 is 1.44 bits per heavy atom. The van der Waals surface area contributed by atoms with Gasteiger partial charge in [-0.15, -0.1) is 0 Å². The van der Waals surface area contributed by atoms with Gasteiger partial charge in [-0.1, -0.05) is 41.5 Å². The second-order valence-electron chi connectivity index (χ2n) is 4.07. The third kappa shape index (κ3) is 2.08. The first-order valence-corrected chi connectivity index (χ1v) is 5.42. The molecule has 0 aliphatic carbocycles. The van der Waals surface area contributed by atoms with Gasteiger partial charge in [-0.25, -0.2) is 0 Å². The van der Waals surface area contributed by atoms with Gasteiger partial charge in [-0.2, -0.15) is 0 Å². The minimum Gasteiger partial charge on any atom is -0.496 e. The molecule has 0 aliphatic heterocycles. The van der Waals surface area contributed by atoms with Crippen molar-refractivity contribution in [3.8, 4) is 16.9 Å². The number of rotatable bonds is 2. The van der Waals surface area contributed by atoms with Gasteiger partial charge in [0.1, 0.15) is 5.75 Å². The Morgan fingerprint density at radius 3 is 2.06 bits per heavy atom. The molecule has 0 aliphatic rings. The monoisotopic (exact) mass is 212 g/mol. The Hall–Kier alpha value is -1.76. The molecule has 2 rings (SSSR count). The first-order chi connectivity index (χ1) is 7.70. The van der Waals surface area contributed by atoms with Gasteiger partial charge in [-0.3, -0.25) is 0 Å². The van der Waals surface area contributed by atoms with E-state index >= 15 is 0 Å². The molecule has 16 heavy (non-hydrogen) atoms. The zero-order valence-electron chi connectivity index (χ0n) is 9.95.